The van der Waals surface area contributed by atoms with Gasteiger partial charge in [0.2, 0.25) is 0 Å². The van der Waals surface area contributed by atoms with E-state index in [1.807, 2.05) is 32.1 Å². The molecule has 6 nitrogen and oxygen atoms in total. The summed E-state index contributed by atoms with van der Waals surface area (Å²) in [7, 11) is 0. The van der Waals surface area contributed by atoms with Gasteiger partial charge in [-0.05, 0) is 127 Å². The summed E-state index contributed by atoms with van der Waals surface area (Å²) in [6.45, 7) is 11.8. The second kappa shape index (κ2) is 15.6. The Kier molecular flexibility index (Phi) is 12.3. The quantitative estimate of drug-likeness (QED) is 0.0856. The van der Waals surface area contributed by atoms with Gasteiger partial charge >= 0.3 is 0 Å². The Labute approximate surface area is 282 Å². The van der Waals surface area contributed by atoms with Gasteiger partial charge in [-0.25, -0.2) is 0 Å². The Balaban J connectivity index is 1.67. The molecule has 1 spiro atoms. The van der Waals surface area contributed by atoms with Gasteiger partial charge < -0.3 is 25.5 Å². The monoisotopic (exact) mass is 646 g/mol. The highest BCUT2D eigenvalue weighted by atomic mass is 16.3. The van der Waals surface area contributed by atoms with Crippen LogP contribution in [0.3, 0.4) is 0 Å². The van der Waals surface area contributed by atoms with E-state index in [1.54, 1.807) is 24.3 Å². The Morgan fingerprint density at radius 3 is 2.36 bits per heavy atom. The van der Waals surface area contributed by atoms with Gasteiger partial charge in [0.15, 0.2) is 5.78 Å². The number of aromatic hydroxyl groups is 1. The molecule has 4 rings (SSSR count). The maximum atomic E-state index is 13.7. The van der Waals surface area contributed by atoms with E-state index in [9.17, 15) is 30.3 Å². The lowest BCUT2D eigenvalue weighted by Gasteiger charge is -2.56. The number of hydrogen-bond donors (Lipinski definition) is 5. The van der Waals surface area contributed by atoms with Gasteiger partial charge in [-0.3, -0.25) is 4.79 Å². The van der Waals surface area contributed by atoms with Crippen LogP contribution in [0, 0.1) is 17.3 Å². The van der Waals surface area contributed by atoms with Crippen LogP contribution in [-0.4, -0.2) is 55.2 Å². The zero-order chi connectivity index (χ0) is 34.4. The molecule has 5 atom stereocenters. The fraction of sp³-hybridized carbons (Fsp3) is 0.585. The largest absolute Gasteiger partial charge is 0.508 e. The van der Waals surface area contributed by atoms with E-state index in [0.29, 0.717) is 44.1 Å². The number of carbonyl (C=O) groups excluding carboxylic acids is 1. The summed E-state index contributed by atoms with van der Waals surface area (Å²) < 4.78 is 0. The number of rotatable bonds is 13. The molecule has 258 valence electrons. The summed E-state index contributed by atoms with van der Waals surface area (Å²) in [4.78, 5) is 13.7. The maximum Gasteiger partial charge on any atom is 0.162 e. The van der Waals surface area contributed by atoms with Crippen molar-refractivity contribution in [2.24, 2.45) is 17.3 Å². The number of carbonyl (C=O) groups is 1. The van der Waals surface area contributed by atoms with Gasteiger partial charge in [0.1, 0.15) is 5.75 Å². The van der Waals surface area contributed by atoms with Gasteiger partial charge in [0.05, 0.1) is 23.9 Å². The minimum absolute atomic E-state index is 0.0121. The molecule has 0 heterocycles. The number of allylic oxidation sites excluding steroid dienone is 8. The minimum Gasteiger partial charge on any atom is -0.508 e. The minimum atomic E-state index is -1.20. The van der Waals surface area contributed by atoms with Crippen LogP contribution in [0.1, 0.15) is 110 Å². The maximum absolute atomic E-state index is 13.7. The molecule has 3 aliphatic rings. The van der Waals surface area contributed by atoms with E-state index in [0.717, 1.165) is 60.8 Å². The van der Waals surface area contributed by atoms with Crippen molar-refractivity contribution in [2.75, 3.05) is 6.61 Å². The summed E-state index contributed by atoms with van der Waals surface area (Å²) >= 11 is 0. The zero-order valence-electron chi connectivity index (χ0n) is 29.1. The Hall–Kier alpha value is -2.77. The molecule has 47 heavy (non-hydrogen) atoms. The number of ketones is 1. The first-order valence-electron chi connectivity index (χ1n) is 17.7. The van der Waals surface area contributed by atoms with E-state index < -0.39 is 22.7 Å². The topological polar surface area (TPSA) is 118 Å². The number of Topliss-reactive ketones (excluding diaryl/α,β-unsaturated/α-hetero) is 1. The summed E-state index contributed by atoms with van der Waals surface area (Å²) in [6, 6.07) is 6.68. The molecule has 5 N–H and O–H groups in total. The molecule has 0 bridgehead atoms. The van der Waals surface area contributed by atoms with E-state index >= 15 is 0 Å². The van der Waals surface area contributed by atoms with Crippen LogP contribution in [0.2, 0.25) is 0 Å². The molecule has 0 aromatic heterocycles. The number of hydrogen-bond acceptors (Lipinski definition) is 6. The summed E-state index contributed by atoms with van der Waals surface area (Å²) in [5.41, 5.74) is 2.53. The van der Waals surface area contributed by atoms with Crippen LogP contribution >= 0.6 is 0 Å². The lowest BCUT2D eigenvalue weighted by atomic mass is 9.52. The molecule has 0 aliphatic heterocycles. The van der Waals surface area contributed by atoms with E-state index in [-0.39, 0.29) is 36.4 Å². The first kappa shape index (κ1) is 37.1. The Morgan fingerprint density at radius 1 is 1.04 bits per heavy atom. The smallest absolute Gasteiger partial charge is 0.162 e. The summed E-state index contributed by atoms with van der Waals surface area (Å²) in [5.74, 6) is -0.509. The first-order valence-corrected chi connectivity index (χ1v) is 17.7. The molecule has 1 aromatic carbocycles. The van der Waals surface area contributed by atoms with Crippen LogP contribution < -0.4 is 0 Å². The summed E-state index contributed by atoms with van der Waals surface area (Å²) in [6.07, 6.45) is 15.7. The first-order chi connectivity index (χ1) is 22.2. The van der Waals surface area contributed by atoms with Crippen LogP contribution in [0.5, 0.6) is 5.75 Å². The third kappa shape index (κ3) is 8.45. The lowest BCUT2D eigenvalue weighted by molar-refractivity contribution is -0.169. The van der Waals surface area contributed by atoms with Crippen molar-refractivity contribution in [3.63, 3.8) is 0 Å². The van der Waals surface area contributed by atoms with Gasteiger partial charge in [0, 0.05) is 17.8 Å². The van der Waals surface area contributed by atoms with Crippen molar-refractivity contribution in [1.29, 1.82) is 0 Å². The molecule has 3 fully saturated rings. The molecule has 3 aliphatic carbocycles. The average molecular weight is 647 g/mol. The van der Waals surface area contributed by atoms with Crippen molar-refractivity contribution in [2.45, 2.75) is 128 Å². The molecule has 0 saturated heterocycles. The number of aliphatic hydroxyl groups excluding tert-OH is 2. The van der Waals surface area contributed by atoms with Gasteiger partial charge in [-0.2, -0.15) is 0 Å². The highest BCUT2D eigenvalue weighted by Gasteiger charge is 2.64. The number of aliphatic hydroxyl groups is 4. The predicted octanol–water partition coefficient (Wildman–Crippen LogP) is 7.60. The van der Waals surface area contributed by atoms with Crippen LogP contribution in [-0.2, 0) is 11.2 Å². The molecule has 5 unspecified atom stereocenters. The Bertz CT molecular complexity index is 1380. The molecular weight excluding hydrogens is 588 g/mol. The third-order valence-corrected chi connectivity index (χ3v) is 11.7. The second-order valence-electron chi connectivity index (χ2n) is 15.1. The number of phenolic OH excluding ortho intramolecular Hbond substituents is 1. The zero-order valence-corrected chi connectivity index (χ0v) is 29.1. The fourth-order valence-electron chi connectivity index (χ4n) is 8.81. The van der Waals surface area contributed by atoms with Crippen molar-refractivity contribution < 1.29 is 30.3 Å². The normalized spacial score (nSPS) is 30.2. The molecule has 0 radical (unpaired) electrons. The third-order valence-electron chi connectivity index (χ3n) is 11.7. The molecule has 6 heteroatoms. The highest BCUT2D eigenvalue weighted by molar-refractivity contribution is 5.97. The van der Waals surface area contributed by atoms with Crippen molar-refractivity contribution in [3.05, 3.63) is 88.6 Å². The number of benzene rings is 1. The molecule has 3 saturated carbocycles. The van der Waals surface area contributed by atoms with Crippen LogP contribution in [0.25, 0.3) is 0 Å². The SMILES string of the molecule is C=C(C=CC=C(CO)C1CCC2(C(CCC3(O)CCCC3)C(=C(C)C(=O)Cc3ccc(O)cc3)CCC2(C)O)C1O)CCC=C(C)C. The van der Waals surface area contributed by atoms with Gasteiger partial charge in [-0.1, -0.05) is 72.6 Å². The van der Waals surface area contributed by atoms with Gasteiger partial charge in [0.25, 0.3) is 0 Å². The van der Waals surface area contributed by atoms with Crippen molar-refractivity contribution >= 4 is 5.78 Å². The Morgan fingerprint density at radius 2 is 1.72 bits per heavy atom. The lowest BCUT2D eigenvalue weighted by Crippen LogP contribution is -2.59. The van der Waals surface area contributed by atoms with Gasteiger partial charge in [-0.15, -0.1) is 0 Å². The molecule has 1 aromatic rings. The van der Waals surface area contributed by atoms with E-state index in [1.165, 1.54) is 5.57 Å². The highest BCUT2D eigenvalue weighted by Crippen LogP contribution is 2.63. The predicted molar refractivity (Wildman–Crippen MR) is 189 cm³/mol. The average Bonchev–Trinajstić information content (AvgIpc) is 3.61. The standard InChI is InChI=1S/C41H58O6/c1-28(2)10-8-11-29(3)12-9-13-32(27-42)35-19-25-41(38(35)45)36(20-24-40(47)21-6-7-22-40)34(18-23-39(41,5)46)30(4)37(44)26-31-14-16-33(43)17-15-31/h9-10,12-17,35-36,38,42-43,45-47H,3,6-8,11,18-27H2,1-2,4-5H3. The van der Waals surface area contributed by atoms with E-state index in [4.69, 9.17) is 0 Å². The molecular formula is C41H58O6. The van der Waals surface area contributed by atoms with Crippen LogP contribution in [0.4, 0.5) is 0 Å². The molecule has 0 amide bonds. The van der Waals surface area contributed by atoms with Crippen molar-refractivity contribution in [3.8, 4) is 5.75 Å². The fourth-order valence-corrected chi connectivity index (χ4v) is 8.81. The van der Waals surface area contributed by atoms with E-state index in [2.05, 4.69) is 26.5 Å². The van der Waals surface area contributed by atoms with Crippen LogP contribution in [0.15, 0.2) is 83.0 Å². The second-order valence-corrected chi connectivity index (χ2v) is 15.1. The number of phenols is 1. The summed E-state index contributed by atoms with van der Waals surface area (Å²) in [5, 5.41) is 56.2. The van der Waals surface area contributed by atoms with Crippen molar-refractivity contribution in [1.82, 2.24) is 0 Å².